The van der Waals surface area contributed by atoms with E-state index in [1.807, 2.05) is 45.0 Å². The van der Waals surface area contributed by atoms with Crippen molar-refractivity contribution in [1.82, 2.24) is 0 Å². The van der Waals surface area contributed by atoms with E-state index in [1.54, 1.807) is 11.8 Å². The third-order valence-corrected chi connectivity index (χ3v) is 2.73. The summed E-state index contributed by atoms with van der Waals surface area (Å²) in [5, 5.41) is 0. The largest absolute Gasteiger partial charge is 0.449 e. The first kappa shape index (κ1) is 14.0. The molecule has 0 radical (unpaired) electrons. The van der Waals surface area contributed by atoms with Gasteiger partial charge in [-0.1, -0.05) is 15.9 Å². The Bertz CT molecular complexity index is 381. The van der Waals surface area contributed by atoms with Crippen LogP contribution in [0.3, 0.4) is 0 Å². The van der Waals surface area contributed by atoms with E-state index in [2.05, 4.69) is 15.9 Å². The molecule has 4 heteroatoms. The summed E-state index contributed by atoms with van der Waals surface area (Å²) in [7, 11) is 0. The fourth-order valence-corrected chi connectivity index (χ4v) is 1.81. The second kappa shape index (κ2) is 5.54. The zero-order chi connectivity index (χ0) is 13.1. The molecule has 0 aliphatic rings. The Kier molecular flexibility index (Phi) is 4.57. The van der Waals surface area contributed by atoms with Crippen molar-refractivity contribution in [2.24, 2.45) is 0 Å². The van der Waals surface area contributed by atoms with Gasteiger partial charge in [-0.3, -0.25) is 4.90 Å². The fraction of sp³-hybridized carbons (Fsp3) is 0.462. The van der Waals surface area contributed by atoms with Gasteiger partial charge in [-0.05, 0) is 52.0 Å². The first-order valence-electron chi connectivity index (χ1n) is 5.59. The minimum atomic E-state index is -0.319. The number of carbonyl (C=O) groups is 1. The quantitative estimate of drug-likeness (QED) is 0.818. The van der Waals surface area contributed by atoms with Crippen molar-refractivity contribution in [3.63, 3.8) is 0 Å². The lowest BCUT2D eigenvalue weighted by atomic mass is 10.1. The average Bonchev–Trinajstić information content (AvgIpc) is 2.19. The molecule has 0 aliphatic carbocycles. The van der Waals surface area contributed by atoms with Gasteiger partial charge in [0.05, 0.1) is 6.61 Å². The Morgan fingerprint density at radius 1 is 1.29 bits per heavy atom. The van der Waals surface area contributed by atoms with Crippen molar-refractivity contribution >= 4 is 27.7 Å². The molecule has 1 rings (SSSR count). The second-order valence-electron chi connectivity index (χ2n) is 4.68. The van der Waals surface area contributed by atoms with Crippen LogP contribution in [0.2, 0.25) is 0 Å². The van der Waals surface area contributed by atoms with Crippen LogP contribution in [0.1, 0.15) is 27.7 Å². The van der Waals surface area contributed by atoms with Crippen LogP contribution >= 0.6 is 15.9 Å². The molecule has 1 aromatic carbocycles. The molecule has 1 aromatic rings. The minimum Gasteiger partial charge on any atom is -0.449 e. The summed E-state index contributed by atoms with van der Waals surface area (Å²) in [6.07, 6.45) is -0.317. The second-order valence-corrected chi connectivity index (χ2v) is 5.60. The van der Waals surface area contributed by atoms with Crippen LogP contribution < -0.4 is 4.90 Å². The lowest BCUT2D eigenvalue weighted by Gasteiger charge is -2.34. The van der Waals surface area contributed by atoms with Gasteiger partial charge in [-0.2, -0.15) is 0 Å². The van der Waals surface area contributed by atoms with Crippen molar-refractivity contribution in [1.29, 1.82) is 0 Å². The Morgan fingerprint density at radius 3 is 2.24 bits per heavy atom. The van der Waals surface area contributed by atoms with Crippen LogP contribution in [0.5, 0.6) is 0 Å². The highest BCUT2D eigenvalue weighted by molar-refractivity contribution is 9.10. The molecule has 0 saturated carbocycles. The van der Waals surface area contributed by atoms with E-state index < -0.39 is 0 Å². The van der Waals surface area contributed by atoms with Gasteiger partial charge in [0.25, 0.3) is 0 Å². The molecule has 0 saturated heterocycles. The molecule has 0 bridgehead atoms. The summed E-state index contributed by atoms with van der Waals surface area (Å²) in [6, 6.07) is 7.61. The topological polar surface area (TPSA) is 29.5 Å². The molecule has 0 unspecified atom stereocenters. The van der Waals surface area contributed by atoms with E-state index >= 15 is 0 Å². The zero-order valence-corrected chi connectivity index (χ0v) is 12.2. The number of carbonyl (C=O) groups excluding carboxylic acids is 1. The van der Waals surface area contributed by atoms with E-state index in [-0.39, 0.29) is 11.6 Å². The van der Waals surface area contributed by atoms with Crippen LogP contribution in [0.25, 0.3) is 0 Å². The predicted octanol–water partition coefficient (Wildman–Crippen LogP) is 4.21. The monoisotopic (exact) mass is 299 g/mol. The SMILES string of the molecule is CCOC(=O)N(c1ccc(Br)cc1)C(C)(C)C. The summed E-state index contributed by atoms with van der Waals surface area (Å²) >= 11 is 3.38. The molecule has 3 nitrogen and oxygen atoms in total. The van der Waals surface area contributed by atoms with Gasteiger partial charge in [0.2, 0.25) is 0 Å². The number of benzene rings is 1. The standard InChI is InChI=1S/C13H18BrNO2/c1-5-17-12(16)15(13(2,3)4)11-8-6-10(14)7-9-11/h6-9H,5H2,1-4H3. The predicted molar refractivity (Wildman–Crippen MR) is 73.4 cm³/mol. The summed E-state index contributed by atoms with van der Waals surface area (Å²) in [5.74, 6) is 0. The van der Waals surface area contributed by atoms with E-state index in [0.29, 0.717) is 6.61 Å². The molecule has 0 N–H and O–H groups in total. The van der Waals surface area contributed by atoms with Crippen LogP contribution in [0.15, 0.2) is 28.7 Å². The van der Waals surface area contributed by atoms with Gasteiger partial charge in [0.15, 0.2) is 0 Å². The summed E-state index contributed by atoms with van der Waals surface area (Å²) in [6.45, 7) is 8.12. The molecule has 0 fully saturated rings. The summed E-state index contributed by atoms with van der Waals surface area (Å²) in [5.41, 5.74) is 0.513. The van der Waals surface area contributed by atoms with Gasteiger partial charge >= 0.3 is 6.09 Å². The molecule has 0 atom stereocenters. The van der Waals surface area contributed by atoms with E-state index in [9.17, 15) is 4.79 Å². The number of rotatable bonds is 2. The molecule has 0 aliphatic heterocycles. The highest BCUT2D eigenvalue weighted by Gasteiger charge is 2.29. The lowest BCUT2D eigenvalue weighted by molar-refractivity contribution is 0.154. The maximum Gasteiger partial charge on any atom is 0.414 e. The number of hydrogen-bond acceptors (Lipinski definition) is 2. The van der Waals surface area contributed by atoms with Gasteiger partial charge in [0.1, 0.15) is 0 Å². The smallest absolute Gasteiger partial charge is 0.414 e. The van der Waals surface area contributed by atoms with Crippen molar-refractivity contribution in [2.75, 3.05) is 11.5 Å². The molecule has 17 heavy (non-hydrogen) atoms. The third kappa shape index (κ3) is 3.73. The number of halogens is 1. The molecule has 94 valence electrons. The highest BCUT2D eigenvalue weighted by Crippen LogP contribution is 2.26. The summed E-state index contributed by atoms with van der Waals surface area (Å²) in [4.78, 5) is 13.6. The van der Waals surface area contributed by atoms with Crippen LogP contribution in [-0.2, 0) is 4.74 Å². The van der Waals surface area contributed by atoms with E-state index in [1.165, 1.54) is 0 Å². The number of amides is 1. The normalized spacial score (nSPS) is 11.1. The number of nitrogens with zero attached hydrogens (tertiary/aromatic N) is 1. The van der Waals surface area contributed by atoms with E-state index in [4.69, 9.17) is 4.74 Å². The van der Waals surface area contributed by atoms with Crippen molar-refractivity contribution in [3.05, 3.63) is 28.7 Å². The molecule has 1 amide bonds. The summed E-state index contributed by atoms with van der Waals surface area (Å²) < 4.78 is 6.08. The average molecular weight is 300 g/mol. The molecule has 0 spiro atoms. The number of anilines is 1. The van der Waals surface area contributed by atoms with Gasteiger partial charge < -0.3 is 4.74 Å². The number of hydrogen-bond donors (Lipinski definition) is 0. The Balaban J connectivity index is 3.07. The molecular formula is C13H18BrNO2. The molecule has 0 aromatic heterocycles. The molecular weight excluding hydrogens is 282 g/mol. The molecule has 0 heterocycles. The Hall–Kier alpha value is -1.03. The lowest BCUT2D eigenvalue weighted by Crippen LogP contribution is -2.46. The Labute approximate surface area is 111 Å². The zero-order valence-electron chi connectivity index (χ0n) is 10.7. The highest BCUT2D eigenvalue weighted by atomic mass is 79.9. The van der Waals surface area contributed by atoms with Crippen molar-refractivity contribution in [3.8, 4) is 0 Å². The van der Waals surface area contributed by atoms with Crippen LogP contribution in [-0.4, -0.2) is 18.2 Å². The van der Waals surface area contributed by atoms with Crippen molar-refractivity contribution in [2.45, 2.75) is 33.2 Å². The Morgan fingerprint density at radius 2 is 1.82 bits per heavy atom. The van der Waals surface area contributed by atoms with Gasteiger partial charge in [-0.15, -0.1) is 0 Å². The van der Waals surface area contributed by atoms with Crippen LogP contribution in [0, 0.1) is 0 Å². The maximum absolute atomic E-state index is 12.0. The fourth-order valence-electron chi connectivity index (χ4n) is 1.54. The van der Waals surface area contributed by atoms with Gasteiger partial charge in [0, 0.05) is 15.7 Å². The first-order chi connectivity index (χ1) is 7.86. The minimum absolute atomic E-state index is 0.317. The first-order valence-corrected chi connectivity index (χ1v) is 6.38. The maximum atomic E-state index is 12.0. The van der Waals surface area contributed by atoms with E-state index in [0.717, 1.165) is 10.2 Å². The van der Waals surface area contributed by atoms with Crippen molar-refractivity contribution < 1.29 is 9.53 Å². The number of ether oxygens (including phenoxy) is 1. The van der Waals surface area contributed by atoms with Crippen LogP contribution in [0.4, 0.5) is 10.5 Å². The third-order valence-electron chi connectivity index (χ3n) is 2.21. The van der Waals surface area contributed by atoms with Gasteiger partial charge in [-0.25, -0.2) is 4.79 Å².